The van der Waals surface area contributed by atoms with E-state index in [0.717, 1.165) is 21.5 Å². The maximum Gasteiger partial charge on any atom is 0.296 e. The van der Waals surface area contributed by atoms with Crippen LogP contribution in [0.4, 0.5) is 5.13 Å². The zero-order valence-electron chi connectivity index (χ0n) is 17.3. The fraction of sp³-hybridized carbons (Fsp3) is 0.125. The fourth-order valence-electron chi connectivity index (χ4n) is 3.39. The summed E-state index contributed by atoms with van der Waals surface area (Å²) in [5.41, 5.74) is 1.82. The van der Waals surface area contributed by atoms with Crippen LogP contribution < -0.4 is 9.64 Å². The van der Waals surface area contributed by atoms with Gasteiger partial charge in [0.05, 0.1) is 30.4 Å². The minimum atomic E-state index is -0.244. The summed E-state index contributed by atoms with van der Waals surface area (Å²) in [4.78, 5) is 19.9. The molecule has 160 valence electrons. The van der Waals surface area contributed by atoms with Crippen LogP contribution in [0.5, 0.6) is 5.75 Å². The van der Waals surface area contributed by atoms with E-state index in [1.165, 1.54) is 11.3 Å². The molecule has 0 atom stereocenters. The van der Waals surface area contributed by atoms with Crippen LogP contribution in [0, 0.1) is 0 Å². The van der Waals surface area contributed by atoms with E-state index < -0.39 is 0 Å². The lowest BCUT2D eigenvalue weighted by atomic mass is 10.2. The first-order valence-corrected chi connectivity index (χ1v) is 10.9. The van der Waals surface area contributed by atoms with Crippen molar-refractivity contribution in [1.82, 2.24) is 14.8 Å². The van der Waals surface area contributed by atoms with Crippen LogP contribution in [0.2, 0.25) is 0 Å². The normalized spacial score (nSPS) is 11.0. The van der Waals surface area contributed by atoms with Gasteiger partial charge in [0, 0.05) is 12.4 Å². The number of methoxy groups -OCH3 is 1. The van der Waals surface area contributed by atoms with Gasteiger partial charge in [-0.15, -0.1) is 0 Å². The summed E-state index contributed by atoms with van der Waals surface area (Å²) >= 11 is 1.45. The van der Waals surface area contributed by atoms with Gasteiger partial charge in [-0.25, -0.2) is 4.98 Å². The maximum atomic E-state index is 13.5. The summed E-state index contributed by atoms with van der Waals surface area (Å²) in [6.07, 6.45) is 3.56. The van der Waals surface area contributed by atoms with Gasteiger partial charge in [0.25, 0.3) is 5.91 Å². The second kappa shape index (κ2) is 8.68. The number of nitrogens with zero attached hydrogens (tertiary/aromatic N) is 4. The Morgan fingerprint density at radius 1 is 1.12 bits per heavy atom. The molecule has 1 amide bonds. The lowest BCUT2D eigenvalue weighted by Gasteiger charge is -2.18. The highest BCUT2D eigenvalue weighted by Gasteiger charge is 2.24. The minimum absolute atomic E-state index is 0.244. The standard InChI is InChI=1S/C24H20N4O3S/c1-30-18-8-10-20-22(14-18)32-24(26-20)28(15-17-6-3-2-4-7-17)23(29)21-11-9-19(31-21)16-27-13-5-12-25-27/h2-14H,15-16H2,1H3. The highest BCUT2D eigenvalue weighted by Crippen LogP contribution is 2.33. The number of thiazole rings is 1. The predicted octanol–water partition coefficient (Wildman–Crippen LogP) is 4.99. The average molecular weight is 445 g/mol. The van der Waals surface area contributed by atoms with E-state index in [0.29, 0.717) is 24.0 Å². The van der Waals surface area contributed by atoms with Gasteiger partial charge in [-0.2, -0.15) is 5.10 Å². The molecule has 2 aromatic carbocycles. The van der Waals surface area contributed by atoms with Crippen LogP contribution in [0.25, 0.3) is 10.2 Å². The molecule has 0 bridgehead atoms. The summed E-state index contributed by atoms with van der Waals surface area (Å²) in [5.74, 6) is 1.43. The van der Waals surface area contributed by atoms with Crippen molar-refractivity contribution in [3.8, 4) is 5.75 Å². The number of furan rings is 1. The van der Waals surface area contributed by atoms with Gasteiger partial charge < -0.3 is 9.15 Å². The Balaban J connectivity index is 1.48. The number of carbonyl (C=O) groups excluding carboxylic acids is 1. The first-order chi connectivity index (χ1) is 15.7. The molecular weight excluding hydrogens is 424 g/mol. The molecule has 32 heavy (non-hydrogen) atoms. The number of amides is 1. The third kappa shape index (κ3) is 4.13. The summed E-state index contributed by atoms with van der Waals surface area (Å²) in [7, 11) is 1.63. The van der Waals surface area contributed by atoms with Gasteiger partial charge in [-0.05, 0) is 42.0 Å². The van der Waals surface area contributed by atoms with Gasteiger partial charge in [-0.3, -0.25) is 14.4 Å². The molecule has 3 aromatic heterocycles. The summed E-state index contributed by atoms with van der Waals surface area (Å²) in [5, 5.41) is 4.79. The number of ether oxygens (including phenoxy) is 1. The molecule has 0 saturated carbocycles. The van der Waals surface area contributed by atoms with Crippen molar-refractivity contribution in [3.63, 3.8) is 0 Å². The van der Waals surface area contributed by atoms with Crippen molar-refractivity contribution in [1.29, 1.82) is 0 Å². The van der Waals surface area contributed by atoms with Gasteiger partial charge in [0.1, 0.15) is 11.5 Å². The molecule has 7 nitrogen and oxygen atoms in total. The number of hydrogen-bond donors (Lipinski definition) is 0. The molecule has 5 aromatic rings. The van der Waals surface area contributed by atoms with Crippen molar-refractivity contribution in [2.45, 2.75) is 13.1 Å². The number of anilines is 1. The molecule has 8 heteroatoms. The third-order valence-electron chi connectivity index (χ3n) is 4.99. The maximum absolute atomic E-state index is 13.5. The lowest BCUT2D eigenvalue weighted by Crippen LogP contribution is -2.30. The molecule has 0 aliphatic carbocycles. The van der Waals surface area contributed by atoms with Crippen LogP contribution in [0.3, 0.4) is 0 Å². The SMILES string of the molecule is COc1ccc2nc(N(Cc3ccccc3)C(=O)c3ccc(Cn4cccn4)o3)sc2c1. The fourth-order valence-corrected chi connectivity index (χ4v) is 4.38. The van der Waals surface area contributed by atoms with E-state index in [2.05, 4.69) is 5.10 Å². The Labute approximate surface area is 188 Å². The van der Waals surface area contributed by atoms with Crippen LogP contribution >= 0.6 is 11.3 Å². The van der Waals surface area contributed by atoms with Gasteiger partial charge >= 0.3 is 0 Å². The molecule has 0 radical (unpaired) electrons. The second-order valence-electron chi connectivity index (χ2n) is 7.18. The number of benzene rings is 2. The number of hydrogen-bond acceptors (Lipinski definition) is 6. The Kier molecular flexibility index (Phi) is 5.43. The van der Waals surface area contributed by atoms with E-state index in [1.54, 1.807) is 35.0 Å². The Morgan fingerprint density at radius 2 is 2.00 bits per heavy atom. The van der Waals surface area contributed by atoms with Crippen molar-refractivity contribution in [3.05, 3.63) is 96.2 Å². The molecule has 0 saturated heterocycles. The number of carbonyl (C=O) groups is 1. The molecule has 0 fully saturated rings. The van der Waals surface area contributed by atoms with Gasteiger partial charge in [0.15, 0.2) is 10.9 Å². The molecule has 0 N–H and O–H groups in total. The third-order valence-corrected chi connectivity index (χ3v) is 6.03. The van der Waals surface area contributed by atoms with Crippen molar-refractivity contribution in [2.24, 2.45) is 0 Å². The molecule has 0 spiro atoms. The highest BCUT2D eigenvalue weighted by atomic mass is 32.1. The zero-order chi connectivity index (χ0) is 21.9. The predicted molar refractivity (Wildman–Crippen MR) is 123 cm³/mol. The molecule has 0 aliphatic rings. The largest absolute Gasteiger partial charge is 0.497 e. The van der Waals surface area contributed by atoms with Crippen LogP contribution in [0.1, 0.15) is 21.9 Å². The van der Waals surface area contributed by atoms with E-state index in [1.807, 2.05) is 60.8 Å². The first kappa shape index (κ1) is 20.0. The van der Waals surface area contributed by atoms with Crippen molar-refractivity contribution >= 4 is 32.6 Å². The van der Waals surface area contributed by atoms with Crippen LogP contribution in [0.15, 0.2) is 83.5 Å². The lowest BCUT2D eigenvalue weighted by molar-refractivity contribution is 0.0956. The van der Waals surface area contributed by atoms with E-state index >= 15 is 0 Å². The second-order valence-corrected chi connectivity index (χ2v) is 8.19. The molecule has 3 heterocycles. The number of rotatable bonds is 7. The molecular formula is C24H20N4O3S. The minimum Gasteiger partial charge on any atom is -0.497 e. The van der Waals surface area contributed by atoms with Gasteiger partial charge in [-0.1, -0.05) is 41.7 Å². The quantitative estimate of drug-likeness (QED) is 0.354. The van der Waals surface area contributed by atoms with Crippen LogP contribution in [-0.4, -0.2) is 27.8 Å². The first-order valence-electron chi connectivity index (χ1n) is 10.1. The molecule has 0 aliphatic heterocycles. The topological polar surface area (TPSA) is 73.4 Å². The molecule has 0 unspecified atom stereocenters. The van der Waals surface area contributed by atoms with Crippen LogP contribution in [-0.2, 0) is 13.1 Å². The summed E-state index contributed by atoms with van der Waals surface area (Å²) in [6, 6.07) is 20.9. The van der Waals surface area contributed by atoms with Gasteiger partial charge in [0.2, 0.25) is 0 Å². The van der Waals surface area contributed by atoms with Crippen molar-refractivity contribution in [2.75, 3.05) is 12.0 Å². The number of fused-ring (bicyclic) bond motifs is 1. The van der Waals surface area contributed by atoms with E-state index in [-0.39, 0.29) is 11.7 Å². The van der Waals surface area contributed by atoms with E-state index in [4.69, 9.17) is 14.1 Å². The van der Waals surface area contributed by atoms with Crippen molar-refractivity contribution < 1.29 is 13.9 Å². The Bertz CT molecular complexity index is 1340. The van der Waals surface area contributed by atoms with E-state index in [9.17, 15) is 4.79 Å². The number of aromatic nitrogens is 3. The molecule has 5 rings (SSSR count). The summed E-state index contributed by atoms with van der Waals surface area (Å²) in [6.45, 7) is 0.839. The Morgan fingerprint density at radius 3 is 2.78 bits per heavy atom. The average Bonchev–Trinajstić information content (AvgIpc) is 3.58. The Hall–Kier alpha value is -3.91. The zero-order valence-corrected chi connectivity index (χ0v) is 18.2. The smallest absolute Gasteiger partial charge is 0.296 e. The highest BCUT2D eigenvalue weighted by molar-refractivity contribution is 7.22. The summed E-state index contributed by atoms with van der Waals surface area (Å²) < 4.78 is 13.9. The monoisotopic (exact) mass is 444 g/mol.